The van der Waals surface area contributed by atoms with Crippen molar-refractivity contribution in [3.05, 3.63) is 35.4 Å². The summed E-state index contributed by atoms with van der Waals surface area (Å²) in [5.41, 5.74) is 7.92. The molecule has 1 fully saturated rings. The zero-order chi connectivity index (χ0) is 9.42. The molecule has 0 bridgehead atoms. The van der Waals surface area contributed by atoms with Crippen molar-refractivity contribution in [3.63, 3.8) is 0 Å². The van der Waals surface area contributed by atoms with Gasteiger partial charge in [0, 0.05) is 0 Å². The van der Waals surface area contributed by atoms with Gasteiger partial charge in [-0.25, -0.2) is 0 Å². The van der Waals surface area contributed by atoms with E-state index in [1.807, 2.05) is 31.2 Å². The molecule has 1 aromatic rings. The van der Waals surface area contributed by atoms with Crippen LogP contribution in [0.4, 0.5) is 0 Å². The topological polar surface area (TPSA) is 55.1 Å². The highest BCUT2D eigenvalue weighted by Gasteiger charge is 2.36. The van der Waals surface area contributed by atoms with E-state index in [9.17, 15) is 4.79 Å². The van der Waals surface area contributed by atoms with Gasteiger partial charge in [-0.1, -0.05) is 29.8 Å². The SMILES string of the molecule is Cc1ccc(C2NC(=O)C2N)cc1. The van der Waals surface area contributed by atoms with Crippen molar-refractivity contribution in [2.75, 3.05) is 0 Å². The summed E-state index contributed by atoms with van der Waals surface area (Å²) >= 11 is 0. The number of amides is 1. The van der Waals surface area contributed by atoms with E-state index in [0.717, 1.165) is 5.56 Å². The predicted octanol–water partition coefficient (Wildman–Crippen LogP) is 0.493. The minimum Gasteiger partial charge on any atom is -0.346 e. The minimum absolute atomic E-state index is 0.00750. The maximum atomic E-state index is 10.8. The molecule has 2 unspecified atom stereocenters. The Morgan fingerprint density at radius 2 is 1.92 bits per heavy atom. The van der Waals surface area contributed by atoms with Crippen molar-refractivity contribution >= 4 is 5.91 Å². The zero-order valence-corrected chi connectivity index (χ0v) is 7.45. The number of carbonyl (C=O) groups excluding carboxylic acids is 1. The van der Waals surface area contributed by atoms with E-state index in [2.05, 4.69) is 5.32 Å². The number of nitrogens with one attached hydrogen (secondary N) is 1. The summed E-state index contributed by atoms with van der Waals surface area (Å²) in [6.45, 7) is 2.03. The van der Waals surface area contributed by atoms with Gasteiger partial charge in [0.15, 0.2) is 0 Å². The summed E-state index contributed by atoms with van der Waals surface area (Å²) in [6, 6.07) is 7.67. The molecule has 13 heavy (non-hydrogen) atoms. The molecule has 2 atom stereocenters. The van der Waals surface area contributed by atoms with Gasteiger partial charge in [-0.3, -0.25) is 4.79 Å². The highest BCUT2D eigenvalue weighted by molar-refractivity contribution is 5.89. The lowest BCUT2D eigenvalue weighted by molar-refractivity contribution is -0.130. The van der Waals surface area contributed by atoms with Gasteiger partial charge in [-0.15, -0.1) is 0 Å². The average Bonchev–Trinajstić information content (AvgIpc) is 2.15. The van der Waals surface area contributed by atoms with E-state index in [1.54, 1.807) is 0 Å². The van der Waals surface area contributed by atoms with Crippen LogP contribution in [0.15, 0.2) is 24.3 Å². The molecule has 3 heteroatoms. The largest absolute Gasteiger partial charge is 0.346 e. The van der Waals surface area contributed by atoms with E-state index in [0.29, 0.717) is 0 Å². The third-order valence-electron chi connectivity index (χ3n) is 2.40. The fourth-order valence-corrected chi connectivity index (χ4v) is 1.46. The zero-order valence-electron chi connectivity index (χ0n) is 7.45. The molecular weight excluding hydrogens is 164 g/mol. The molecule has 1 aliphatic rings. The molecule has 3 N–H and O–H groups in total. The van der Waals surface area contributed by atoms with Crippen molar-refractivity contribution in [2.24, 2.45) is 5.73 Å². The molecule has 0 radical (unpaired) electrons. The predicted molar refractivity (Wildman–Crippen MR) is 50.0 cm³/mol. The Balaban J connectivity index is 2.18. The molecule has 1 amide bonds. The maximum absolute atomic E-state index is 10.8. The lowest BCUT2D eigenvalue weighted by Gasteiger charge is -2.34. The molecule has 0 saturated carbocycles. The summed E-state index contributed by atoms with van der Waals surface area (Å²) in [5.74, 6) is -0.0643. The van der Waals surface area contributed by atoms with Crippen LogP contribution in [0.25, 0.3) is 0 Å². The van der Waals surface area contributed by atoms with Gasteiger partial charge < -0.3 is 11.1 Å². The second kappa shape index (κ2) is 2.85. The number of carbonyl (C=O) groups is 1. The Morgan fingerprint density at radius 1 is 1.31 bits per heavy atom. The van der Waals surface area contributed by atoms with Crippen molar-refractivity contribution < 1.29 is 4.79 Å². The first-order valence-corrected chi connectivity index (χ1v) is 4.31. The van der Waals surface area contributed by atoms with Gasteiger partial charge in [0.2, 0.25) is 5.91 Å². The quantitative estimate of drug-likeness (QED) is 0.612. The van der Waals surface area contributed by atoms with Crippen LogP contribution < -0.4 is 11.1 Å². The normalized spacial score (nSPS) is 26.5. The Labute approximate surface area is 76.9 Å². The van der Waals surface area contributed by atoms with Crippen LogP contribution in [0.5, 0.6) is 0 Å². The molecule has 1 aliphatic heterocycles. The maximum Gasteiger partial charge on any atom is 0.239 e. The van der Waals surface area contributed by atoms with Crippen molar-refractivity contribution in [3.8, 4) is 0 Å². The van der Waals surface area contributed by atoms with E-state index in [1.165, 1.54) is 5.56 Å². The van der Waals surface area contributed by atoms with Crippen molar-refractivity contribution in [2.45, 2.75) is 19.0 Å². The standard InChI is InChI=1S/C10H12N2O/c1-6-2-4-7(5-3-6)9-8(11)10(13)12-9/h2-5,8-9H,11H2,1H3,(H,12,13). The minimum atomic E-state index is -0.372. The van der Waals surface area contributed by atoms with Gasteiger partial charge >= 0.3 is 0 Å². The number of rotatable bonds is 1. The Kier molecular flexibility index (Phi) is 1.81. The lowest BCUT2D eigenvalue weighted by atomic mass is 9.92. The van der Waals surface area contributed by atoms with E-state index in [-0.39, 0.29) is 18.0 Å². The summed E-state index contributed by atoms with van der Waals surface area (Å²) in [4.78, 5) is 10.8. The fraction of sp³-hybridized carbons (Fsp3) is 0.300. The third kappa shape index (κ3) is 1.31. The molecule has 2 rings (SSSR count). The van der Waals surface area contributed by atoms with E-state index >= 15 is 0 Å². The molecule has 3 nitrogen and oxygen atoms in total. The Morgan fingerprint density at radius 3 is 2.38 bits per heavy atom. The molecule has 1 aromatic carbocycles. The number of β-lactam (4-membered cyclic amide) rings is 1. The van der Waals surface area contributed by atoms with Crippen LogP contribution in [0.2, 0.25) is 0 Å². The summed E-state index contributed by atoms with van der Waals surface area (Å²) < 4.78 is 0. The van der Waals surface area contributed by atoms with Gasteiger partial charge in [0.25, 0.3) is 0 Å². The fourth-order valence-electron chi connectivity index (χ4n) is 1.46. The van der Waals surface area contributed by atoms with Crippen LogP contribution >= 0.6 is 0 Å². The molecule has 0 aliphatic carbocycles. The van der Waals surface area contributed by atoms with Crippen molar-refractivity contribution in [1.29, 1.82) is 0 Å². The van der Waals surface area contributed by atoms with Gasteiger partial charge in [0.05, 0.1) is 6.04 Å². The van der Waals surface area contributed by atoms with Crippen LogP contribution in [-0.2, 0) is 4.79 Å². The van der Waals surface area contributed by atoms with Gasteiger partial charge in [-0.05, 0) is 12.5 Å². The molecule has 68 valence electrons. The Bertz CT molecular complexity index is 331. The highest BCUT2D eigenvalue weighted by atomic mass is 16.2. The number of hydrogen-bond acceptors (Lipinski definition) is 2. The molecule has 0 aromatic heterocycles. The van der Waals surface area contributed by atoms with Crippen molar-refractivity contribution in [1.82, 2.24) is 5.32 Å². The molecule has 0 spiro atoms. The third-order valence-corrected chi connectivity index (χ3v) is 2.40. The number of benzene rings is 1. The van der Waals surface area contributed by atoms with Crippen LogP contribution in [0.1, 0.15) is 17.2 Å². The smallest absolute Gasteiger partial charge is 0.239 e. The second-order valence-corrected chi connectivity index (χ2v) is 3.42. The molecule has 1 saturated heterocycles. The lowest BCUT2D eigenvalue weighted by Crippen LogP contribution is -2.60. The summed E-state index contributed by atoms with van der Waals surface area (Å²) in [5, 5.41) is 2.76. The summed E-state index contributed by atoms with van der Waals surface area (Å²) in [6.07, 6.45) is 0. The molecular formula is C10H12N2O. The van der Waals surface area contributed by atoms with Crippen LogP contribution in [0, 0.1) is 6.92 Å². The Hall–Kier alpha value is -1.35. The highest BCUT2D eigenvalue weighted by Crippen LogP contribution is 2.22. The summed E-state index contributed by atoms with van der Waals surface area (Å²) in [7, 11) is 0. The van der Waals surface area contributed by atoms with E-state index in [4.69, 9.17) is 5.73 Å². The van der Waals surface area contributed by atoms with Gasteiger partial charge in [0.1, 0.15) is 6.04 Å². The number of nitrogens with two attached hydrogens (primary N) is 1. The van der Waals surface area contributed by atoms with Crippen LogP contribution in [0.3, 0.4) is 0 Å². The number of aryl methyl sites for hydroxylation is 1. The monoisotopic (exact) mass is 176 g/mol. The van der Waals surface area contributed by atoms with Gasteiger partial charge in [-0.2, -0.15) is 0 Å². The first-order valence-electron chi connectivity index (χ1n) is 4.31. The average molecular weight is 176 g/mol. The van der Waals surface area contributed by atoms with E-state index < -0.39 is 0 Å². The molecule has 1 heterocycles. The number of hydrogen-bond donors (Lipinski definition) is 2. The first-order chi connectivity index (χ1) is 6.18. The first kappa shape index (κ1) is 8.26. The van der Waals surface area contributed by atoms with Crippen LogP contribution in [-0.4, -0.2) is 11.9 Å². The second-order valence-electron chi connectivity index (χ2n) is 3.42.